The number of hydrogen-bond donors (Lipinski definition) is 0. The van der Waals surface area contributed by atoms with E-state index < -0.39 is 5.97 Å². The Balaban J connectivity index is 2.19. The number of thioether (sulfide) groups is 2. The highest BCUT2D eigenvalue weighted by atomic mass is 32.2. The van der Waals surface area contributed by atoms with Crippen molar-refractivity contribution < 1.29 is 14.3 Å². The summed E-state index contributed by atoms with van der Waals surface area (Å²) in [6.07, 6.45) is 1.65. The van der Waals surface area contributed by atoms with Gasteiger partial charge in [0.15, 0.2) is 0 Å². The molecule has 0 aromatic carbocycles. The highest BCUT2D eigenvalue weighted by molar-refractivity contribution is 8.17. The first-order valence-corrected chi connectivity index (χ1v) is 7.22. The van der Waals surface area contributed by atoms with E-state index in [1.165, 1.54) is 6.42 Å². The van der Waals surface area contributed by atoms with Crippen molar-refractivity contribution in [2.45, 2.75) is 30.8 Å². The van der Waals surface area contributed by atoms with Crippen LogP contribution in [-0.4, -0.2) is 34.4 Å². The van der Waals surface area contributed by atoms with Gasteiger partial charge in [-0.1, -0.05) is 0 Å². The number of Topliss-reactive ketones (excluding diaryl/α,β-unsaturated/α-hetero) is 1. The van der Waals surface area contributed by atoms with Crippen LogP contribution >= 0.6 is 23.5 Å². The zero-order valence-corrected chi connectivity index (χ0v) is 10.5. The second-order valence-electron chi connectivity index (χ2n) is 3.25. The maximum absolute atomic E-state index is 11.5. The van der Waals surface area contributed by atoms with E-state index in [-0.39, 0.29) is 12.2 Å². The second kappa shape index (κ2) is 7.17. The Labute approximate surface area is 98.7 Å². The molecule has 0 aromatic heterocycles. The molecule has 5 heteroatoms. The summed E-state index contributed by atoms with van der Waals surface area (Å²) in [5.74, 6) is 1.86. The first-order valence-electron chi connectivity index (χ1n) is 5.13. The highest BCUT2D eigenvalue weighted by Crippen LogP contribution is 2.33. The van der Waals surface area contributed by atoms with Gasteiger partial charge in [-0.2, -0.15) is 0 Å². The largest absolute Gasteiger partial charge is 0.466 e. The molecule has 0 unspecified atom stereocenters. The fraction of sp³-hybridized carbons (Fsp3) is 0.800. The summed E-state index contributed by atoms with van der Waals surface area (Å²) in [5, 5.41) is 0. The van der Waals surface area contributed by atoms with Crippen molar-refractivity contribution in [3.8, 4) is 0 Å². The molecule has 0 N–H and O–H groups in total. The maximum Gasteiger partial charge on any atom is 0.313 e. The van der Waals surface area contributed by atoms with Gasteiger partial charge in [0.2, 0.25) is 0 Å². The lowest BCUT2D eigenvalue weighted by Gasteiger charge is -2.19. The van der Waals surface area contributed by atoms with Crippen LogP contribution in [0.1, 0.15) is 26.2 Å². The molecule has 0 amide bonds. The number of esters is 1. The fourth-order valence-electron chi connectivity index (χ4n) is 1.29. The highest BCUT2D eigenvalue weighted by Gasteiger charge is 2.19. The lowest BCUT2D eigenvalue weighted by molar-refractivity contribution is -0.145. The van der Waals surface area contributed by atoms with Crippen LogP contribution in [0.25, 0.3) is 0 Å². The third-order valence-electron chi connectivity index (χ3n) is 1.94. The van der Waals surface area contributed by atoms with Gasteiger partial charge in [0.25, 0.3) is 0 Å². The Hall–Kier alpha value is -0.160. The smallest absolute Gasteiger partial charge is 0.313 e. The average Bonchev–Trinajstić information content (AvgIpc) is 2.19. The Morgan fingerprint density at radius 1 is 1.33 bits per heavy atom. The number of rotatable bonds is 5. The van der Waals surface area contributed by atoms with E-state index in [1.54, 1.807) is 6.92 Å². The number of carbonyl (C=O) groups is 2. The van der Waals surface area contributed by atoms with Gasteiger partial charge in [-0.3, -0.25) is 9.59 Å². The van der Waals surface area contributed by atoms with Crippen LogP contribution in [0.5, 0.6) is 0 Å². The Bertz CT molecular complexity index is 225. The molecule has 0 atom stereocenters. The third-order valence-corrected chi connectivity index (χ3v) is 4.88. The zero-order chi connectivity index (χ0) is 11.1. The van der Waals surface area contributed by atoms with E-state index >= 15 is 0 Å². The van der Waals surface area contributed by atoms with Gasteiger partial charge in [-0.25, -0.2) is 0 Å². The van der Waals surface area contributed by atoms with E-state index in [1.807, 2.05) is 23.5 Å². The van der Waals surface area contributed by atoms with Crippen molar-refractivity contribution in [3.63, 3.8) is 0 Å². The Morgan fingerprint density at radius 2 is 2.00 bits per heavy atom. The number of hydrogen-bond acceptors (Lipinski definition) is 5. The summed E-state index contributed by atoms with van der Waals surface area (Å²) >= 11 is 3.64. The molecule has 1 saturated heterocycles. The molecule has 0 saturated carbocycles. The van der Waals surface area contributed by atoms with E-state index in [9.17, 15) is 9.59 Å². The van der Waals surface area contributed by atoms with Crippen molar-refractivity contribution in [2.75, 3.05) is 18.1 Å². The molecule has 0 aromatic rings. The minimum atomic E-state index is -0.395. The van der Waals surface area contributed by atoms with Crippen molar-refractivity contribution in [3.05, 3.63) is 0 Å². The molecule has 15 heavy (non-hydrogen) atoms. The van der Waals surface area contributed by atoms with Crippen molar-refractivity contribution in [2.24, 2.45) is 0 Å². The minimum Gasteiger partial charge on any atom is -0.466 e. The summed E-state index contributed by atoms with van der Waals surface area (Å²) in [6, 6.07) is 0. The molecule has 0 spiro atoms. The summed E-state index contributed by atoms with van der Waals surface area (Å²) in [6.45, 7) is 2.09. The van der Waals surface area contributed by atoms with Gasteiger partial charge in [0.05, 0.1) is 11.2 Å². The summed E-state index contributed by atoms with van der Waals surface area (Å²) in [5.41, 5.74) is 0. The molecule has 1 aliphatic rings. The normalized spacial score (nSPS) is 17.4. The molecular formula is C10H16O3S2. The first-order chi connectivity index (χ1) is 7.22. The van der Waals surface area contributed by atoms with Crippen LogP contribution in [0.4, 0.5) is 0 Å². The molecule has 0 radical (unpaired) electrons. The topological polar surface area (TPSA) is 43.4 Å². The molecule has 1 aliphatic heterocycles. The molecule has 1 heterocycles. The van der Waals surface area contributed by atoms with Gasteiger partial charge in [0, 0.05) is 6.42 Å². The molecule has 0 aliphatic carbocycles. The van der Waals surface area contributed by atoms with Crippen molar-refractivity contribution >= 4 is 35.3 Å². The SMILES string of the molecule is CCOC(=O)CC(=O)CC1SCCCS1. The van der Waals surface area contributed by atoms with Crippen LogP contribution in [-0.2, 0) is 14.3 Å². The number of ether oxygens (including phenoxy) is 1. The van der Waals surface area contributed by atoms with Gasteiger partial charge in [-0.05, 0) is 24.9 Å². The summed E-state index contributed by atoms with van der Waals surface area (Å²) in [4.78, 5) is 22.5. The van der Waals surface area contributed by atoms with Gasteiger partial charge < -0.3 is 4.74 Å². The lowest BCUT2D eigenvalue weighted by atomic mass is 10.2. The van der Waals surface area contributed by atoms with E-state index in [2.05, 4.69) is 0 Å². The molecule has 0 bridgehead atoms. The van der Waals surface area contributed by atoms with Crippen LogP contribution in [0.15, 0.2) is 0 Å². The molecule has 1 fully saturated rings. The zero-order valence-electron chi connectivity index (χ0n) is 8.86. The number of carbonyl (C=O) groups excluding carboxylic acids is 2. The van der Waals surface area contributed by atoms with Gasteiger partial charge >= 0.3 is 5.97 Å². The quantitative estimate of drug-likeness (QED) is 0.550. The third kappa shape index (κ3) is 5.47. The fourth-order valence-corrected chi connectivity index (χ4v) is 4.19. The lowest BCUT2D eigenvalue weighted by Crippen LogP contribution is -2.16. The first kappa shape index (κ1) is 12.9. The predicted molar refractivity (Wildman–Crippen MR) is 64.2 cm³/mol. The van der Waals surface area contributed by atoms with Crippen LogP contribution in [0, 0.1) is 0 Å². The molecule has 1 rings (SSSR count). The predicted octanol–water partition coefficient (Wildman–Crippen LogP) is 2.10. The Kier molecular flexibility index (Phi) is 6.17. The minimum absolute atomic E-state index is 0.000324. The Morgan fingerprint density at radius 3 is 2.60 bits per heavy atom. The van der Waals surface area contributed by atoms with Crippen LogP contribution in [0.2, 0.25) is 0 Å². The molecule has 3 nitrogen and oxygen atoms in total. The van der Waals surface area contributed by atoms with E-state index in [0.29, 0.717) is 17.6 Å². The van der Waals surface area contributed by atoms with Crippen LogP contribution in [0.3, 0.4) is 0 Å². The second-order valence-corrected chi connectivity index (χ2v) is 6.17. The average molecular weight is 248 g/mol. The van der Waals surface area contributed by atoms with Gasteiger partial charge in [-0.15, -0.1) is 23.5 Å². The summed E-state index contributed by atoms with van der Waals surface area (Å²) in [7, 11) is 0. The number of ketones is 1. The standard InChI is InChI=1S/C10H16O3S2/c1-2-13-9(12)6-8(11)7-10-14-4-3-5-15-10/h10H,2-7H2,1H3. The van der Waals surface area contributed by atoms with E-state index in [0.717, 1.165) is 11.5 Å². The van der Waals surface area contributed by atoms with E-state index in [4.69, 9.17) is 4.74 Å². The monoisotopic (exact) mass is 248 g/mol. The maximum atomic E-state index is 11.5. The van der Waals surface area contributed by atoms with Gasteiger partial charge in [0.1, 0.15) is 12.2 Å². The van der Waals surface area contributed by atoms with Crippen molar-refractivity contribution in [1.82, 2.24) is 0 Å². The van der Waals surface area contributed by atoms with Crippen molar-refractivity contribution in [1.29, 1.82) is 0 Å². The summed E-state index contributed by atoms with van der Waals surface area (Å²) < 4.78 is 5.08. The molecule has 86 valence electrons. The van der Waals surface area contributed by atoms with Crippen LogP contribution < -0.4 is 0 Å². The molecular weight excluding hydrogens is 232 g/mol.